The normalized spacial score (nSPS) is 18.4. The van der Waals surface area contributed by atoms with E-state index in [1.165, 1.54) is 0 Å². The van der Waals surface area contributed by atoms with Crippen LogP contribution in [0.4, 0.5) is 0 Å². The number of carbonyl (C=O) groups excluding carboxylic acids is 1. The Labute approximate surface area is 114 Å². The summed E-state index contributed by atoms with van der Waals surface area (Å²) in [6.07, 6.45) is 1.03. The summed E-state index contributed by atoms with van der Waals surface area (Å²) in [5.41, 5.74) is 1.75. The summed E-state index contributed by atoms with van der Waals surface area (Å²) in [6, 6.07) is 5.96. The molecule has 1 amide bonds. The van der Waals surface area contributed by atoms with E-state index in [-0.39, 0.29) is 5.91 Å². The minimum absolute atomic E-state index is 0.0921. The van der Waals surface area contributed by atoms with Gasteiger partial charge < -0.3 is 15.0 Å². The van der Waals surface area contributed by atoms with Crippen molar-refractivity contribution in [1.29, 1.82) is 0 Å². The van der Waals surface area contributed by atoms with Crippen LogP contribution in [0.5, 0.6) is 5.75 Å². The van der Waals surface area contributed by atoms with Crippen LogP contribution in [-0.2, 0) is 0 Å². The van der Waals surface area contributed by atoms with Gasteiger partial charge in [0.15, 0.2) is 0 Å². The van der Waals surface area contributed by atoms with Crippen molar-refractivity contribution in [2.24, 2.45) is 0 Å². The summed E-state index contributed by atoms with van der Waals surface area (Å²) in [7, 11) is 1.63. The first-order chi connectivity index (χ1) is 9.17. The number of carbonyl (C=O) groups is 1. The maximum absolute atomic E-state index is 12.6. The number of likely N-dealkylation sites (N-methyl/N-ethyl adjacent to an activating group) is 1. The van der Waals surface area contributed by atoms with Crippen molar-refractivity contribution >= 4 is 5.91 Å². The zero-order valence-electron chi connectivity index (χ0n) is 11.9. The molecule has 1 aliphatic rings. The zero-order chi connectivity index (χ0) is 13.8. The first kappa shape index (κ1) is 13.9. The smallest absolute Gasteiger partial charge is 0.254 e. The molecule has 1 aromatic rings. The third-order valence-corrected chi connectivity index (χ3v) is 3.73. The third kappa shape index (κ3) is 2.89. The van der Waals surface area contributed by atoms with Crippen LogP contribution in [0.1, 0.15) is 29.3 Å². The standard InChI is InChI=1S/C15H22N2O2/c1-4-17(13-7-8-16-10-13)15(18)12-6-5-11(2)14(9-12)19-3/h5-6,9,13,16H,4,7-8,10H2,1-3H3. The van der Waals surface area contributed by atoms with Gasteiger partial charge in [-0.05, 0) is 44.5 Å². The molecule has 0 aliphatic carbocycles. The molecule has 1 fully saturated rings. The Kier molecular flexibility index (Phi) is 4.43. The molecule has 0 saturated carbocycles. The molecule has 2 rings (SSSR count). The van der Waals surface area contributed by atoms with Crippen LogP contribution in [-0.4, -0.2) is 43.6 Å². The predicted molar refractivity (Wildman–Crippen MR) is 75.7 cm³/mol. The Morgan fingerprint density at radius 2 is 2.32 bits per heavy atom. The number of rotatable bonds is 4. The van der Waals surface area contributed by atoms with Gasteiger partial charge in [0, 0.05) is 24.7 Å². The molecule has 0 spiro atoms. The second-order valence-corrected chi connectivity index (χ2v) is 4.92. The molecule has 0 radical (unpaired) electrons. The van der Waals surface area contributed by atoms with Gasteiger partial charge in [0.1, 0.15) is 5.75 Å². The van der Waals surface area contributed by atoms with E-state index >= 15 is 0 Å². The number of aryl methyl sites for hydroxylation is 1. The number of benzene rings is 1. The topological polar surface area (TPSA) is 41.6 Å². The first-order valence-corrected chi connectivity index (χ1v) is 6.83. The molecule has 4 nitrogen and oxygen atoms in total. The van der Waals surface area contributed by atoms with E-state index in [2.05, 4.69) is 5.32 Å². The number of hydrogen-bond acceptors (Lipinski definition) is 3. The van der Waals surface area contributed by atoms with Crippen molar-refractivity contribution in [2.75, 3.05) is 26.7 Å². The molecule has 4 heteroatoms. The van der Waals surface area contributed by atoms with Crippen LogP contribution in [0, 0.1) is 6.92 Å². The van der Waals surface area contributed by atoms with Gasteiger partial charge in [-0.3, -0.25) is 4.79 Å². The highest BCUT2D eigenvalue weighted by molar-refractivity contribution is 5.95. The van der Waals surface area contributed by atoms with Gasteiger partial charge in [-0.25, -0.2) is 0 Å². The van der Waals surface area contributed by atoms with Gasteiger partial charge in [0.25, 0.3) is 5.91 Å². The average Bonchev–Trinajstić information content (AvgIpc) is 2.94. The maximum Gasteiger partial charge on any atom is 0.254 e. The van der Waals surface area contributed by atoms with Crippen molar-refractivity contribution in [3.05, 3.63) is 29.3 Å². The molecule has 1 heterocycles. The fraction of sp³-hybridized carbons (Fsp3) is 0.533. The second kappa shape index (κ2) is 6.06. The fourth-order valence-electron chi connectivity index (χ4n) is 2.59. The first-order valence-electron chi connectivity index (χ1n) is 6.83. The van der Waals surface area contributed by atoms with Gasteiger partial charge in [-0.1, -0.05) is 6.07 Å². The van der Waals surface area contributed by atoms with E-state index in [9.17, 15) is 4.79 Å². The molecule has 1 saturated heterocycles. The van der Waals surface area contributed by atoms with Gasteiger partial charge in [0.05, 0.1) is 7.11 Å². The highest BCUT2D eigenvalue weighted by Gasteiger charge is 2.26. The molecule has 0 bridgehead atoms. The summed E-state index contributed by atoms with van der Waals surface area (Å²) in [5, 5.41) is 3.31. The minimum Gasteiger partial charge on any atom is -0.496 e. The van der Waals surface area contributed by atoms with E-state index < -0.39 is 0 Å². The Morgan fingerprint density at radius 3 is 2.89 bits per heavy atom. The molecule has 1 atom stereocenters. The maximum atomic E-state index is 12.6. The highest BCUT2D eigenvalue weighted by atomic mass is 16.5. The summed E-state index contributed by atoms with van der Waals surface area (Å²) in [5.74, 6) is 0.862. The van der Waals surface area contributed by atoms with Crippen LogP contribution in [0.2, 0.25) is 0 Å². The summed E-state index contributed by atoms with van der Waals surface area (Å²) in [6.45, 7) is 6.63. The third-order valence-electron chi connectivity index (χ3n) is 3.73. The number of ether oxygens (including phenoxy) is 1. The van der Waals surface area contributed by atoms with Gasteiger partial charge in [-0.2, -0.15) is 0 Å². The summed E-state index contributed by atoms with van der Waals surface area (Å²) < 4.78 is 5.29. The Bertz CT molecular complexity index is 453. The molecule has 1 N–H and O–H groups in total. The molecule has 0 aromatic heterocycles. The van der Waals surface area contributed by atoms with Gasteiger partial charge >= 0.3 is 0 Å². The van der Waals surface area contributed by atoms with Crippen molar-refractivity contribution in [3.8, 4) is 5.75 Å². The van der Waals surface area contributed by atoms with Crippen LogP contribution in [0.15, 0.2) is 18.2 Å². The Hall–Kier alpha value is -1.55. The molecule has 19 heavy (non-hydrogen) atoms. The summed E-state index contributed by atoms with van der Waals surface area (Å²) in [4.78, 5) is 14.5. The summed E-state index contributed by atoms with van der Waals surface area (Å²) >= 11 is 0. The minimum atomic E-state index is 0.0921. The zero-order valence-corrected chi connectivity index (χ0v) is 11.9. The van der Waals surface area contributed by atoms with Crippen molar-refractivity contribution in [3.63, 3.8) is 0 Å². The monoisotopic (exact) mass is 262 g/mol. The highest BCUT2D eigenvalue weighted by Crippen LogP contribution is 2.21. The van der Waals surface area contributed by atoms with Gasteiger partial charge in [-0.15, -0.1) is 0 Å². The van der Waals surface area contributed by atoms with Crippen molar-refractivity contribution in [2.45, 2.75) is 26.3 Å². The SMILES string of the molecule is CCN(C(=O)c1ccc(C)c(OC)c1)C1CCNC1. The van der Waals surface area contributed by atoms with Crippen LogP contribution in [0.3, 0.4) is 0 Å². The van der Waals surface area contributed by atoms with Crippen LogP contribution in [0.25, 0.3) is 0 Å². The molecule has 104 valence electrons. The number of nitrogens with one attached hydrogen (secondary N) is 1. The van der Waals surface area contributed by atoms with Crippen LogP contribution >= 0.6 is 0 Å². The van der Waals surface area contributed by atoms with E-state index in [0.717, 1.165) is 37.4 Å². The lowest BCUT2D eigenvalue weighted by molar-refractivity contribution is 0.0703. The molecular weight excluding hydrogens is 240 g/mol. The van der Waals surface area contributed by atoms with Crippen LogP contribution < -0.4 is 10.1 Å². The number of methoxy groups -OCH3 is 1. The van der Waals surface area contributed by atoms with E-state index in [1.807, 2.05) is 36.9 Å². The number of nitrogens with zero attached hydrogens (tertiary/aromatic N) is 1. The predicted octanol–water partition coefficient (Wildman–Crippen LogP) is 1.83. The molecule has 1 aliphatic heterocycles. The lowest BCUT2D eigenvalue weighted by Crippen LogP contribution is -2.41. The van der Waals surface area contributed by atoms with E-state index in [4.69, 9.17) is 4.74 Å². The largest absolute Gasteiger partial charge is 0.496 e. The lowest BCUT2D eigenvalue weighted by Gasteiger charge is -2.27. The fourth-order valence-corrected chi connectivity index (χ4v) is 2.59. The Morgan fingerprint density at radius 1 is 1.53 bits per heavy atom. The lowest BCUT2D eigenvalue weighted by atomic mass is 10.1. The molecular formula is C15H22N2O2. The molecule has 1 aromatic carbocycles. The van der Waals surface area contributed by atoms with E-state index in [0.29, 0.717) is 11.6 Å². The average molecular weight is 262 g/mol. The Balaban J connectivity index is 2.21. The van der Waals surface area contributed by atoms with Crippen molar-refractivity contribution < 1.29 is 9.53 Å². The number of amides is 1. The van der Waals surface area contributed by atoms with Gasteiger partial charge in [0.2, 0.25) is 0 Å². The van der Waals surface area contributed by atoms with Crippen molar-refractivity contribution in [1.82, 2.24) is 10.2 Å². The number of hydrogen-bond donors (Lipinski definition) is 1. The quantitative estimate of drug-likeness (QED) is 0.900. The molecule has 1 unspecified atom stereocenters. The van der Waals surface area contributed by atoms with E-state index in [1.54, 1.807) is 7.11 Å². The second-order valence-electron chi connectivity index (χ2n) is 4.92.